The Kier molecular flexibility index (Phi) is 2.96. The Bertz CT molecular complexity index is 558. The zero-order valence-corrected chi connectivity index (χ0v) is 10.5. The molecule has 1 saturated heterocycles. The highest BCUT2D eigenvalue weighted by Crippen LogP contribution is 2.35. The number of aromatic amines is 1. The van der Waals surface area contributed by atoms with Gasteiger partial charge < -0.3 is 19.7 Å². The van der Waals surface area contributed by atoms with Crippen molar-refractivity contribution in [1.29, 1.82) is 0 Å². The summed E-state index contributed by atoms with van der Waals surface area (Å²) in [6, 6.07) is 0. The van der Waals surface area contributed by atoms with Crippen molar-refractivity contribution in [2.45, 2.75) is 18.4 Å². The van der Waals surface area contributed by atoms with Gasteiger partial charge in [0.25, 0.3) is 5.89 Å². The van der Waals surface area contributed by atoms with Crippen LogP contribution in [0.4, 0.5) is 5.82 Å². The first-order chi connectivity index (χ1) is 9.25. The van der Waals surface area contributed by atoms with Crippen molar-refractivity contribution in [2.24, 2.45) is 0 Å². The molecule has 1 aliphatic rings. The number of methoxy groups -OCH3 is 1. The summed E-state index contributed by atoms with van der Waals surface area (Å²) >= 11 is 0. The van der Waals surface area contributed by atoms with Crippen molar-refractivity contribution < 1.29 is 14.0 Å². The molecule has 0 amide bonds. The van der Waals surface area contributed by atoms with E-state index in [2.05, 4.69) is 20.3 Å². The van der Waals surface area contributed by atoms with Crippen molar-refractivity contribution in [3.63, 3.8) is 0 Å². The number of hydrogen-bond acceptors (Lipinski definition) is 7. The summed E-state index contributed by atoms with van der Waals surface area (Å²) in [5, 5.41) is 10.5. The maximum Gasteiger partial charge on any atom is 0.263 e. The molecule has 3 heterocycles. The van der Waals surface area contributed by atoms with E-state index in [0.717, 1.165) is 0 Å². The van der Waals surface area contributed by atoms with E-state index in [4.69, 9.17) is 19.7 Å². The van der Waals surface area contributed by atoms with Gasteiger partial charge in [-0.25, -0.2) is 0 Å². The number of ether oxygens (including phenoxy) is 2. The number of nitrogens with one attached hydrogen (secondary N) is 1. The number of H-pyrrole nitrogens is 1. The highest BCUT2D eigenvalue weighted by atomic mass is 16.5. The summed E-state index contributed by atoms with van der Waals surface area (Å²) in [7, 11) is 1.65. The molecular weight excluding hydrogens is 250 g/mol. The lowest BCUT2D eigenvalue weighted by Gasteiger charge is -2.32. The Labute approximate surface area is 109 Å². The lowest BCUT2D eigenvalue weighted by molar-refractivity contribution is -0.101. The number of anilines is 1. The van der Waals surface area contributed by atoms with E-state index in [1.807, 2.05) is 0 Å². The number of hydrogen-bond donors (Lipinski definition) is 2. The Morgan fingerprint density at radius 1 is 1.42 bits per heavy atom. The molecule has 0 aliphatic carbocycles. The largest absolute Gasteiger partial charge is 0.383 e. The van der Waals surface area contributed by atoms with Gasteiger partial charge >= 0.3 is 0 Å². The van der Waals surface area contributed by atoms with Crippen molar-refractivity contribution >= 4 is 5.82 Å². The molecule has 8 nitrogen and oxygen atoms in total. The maximum absolute atomic E-state index is 5.73. The van der Waals surface area contributed by atoms with Gasteiger partial charge in [0.05, 0.1) is 6.20 Å². The first-order valence-electron chi connectivity index (χ1n) is 6.01. The molecule has 0 spiro atoms. The molecule has 2 aromatic rings. The Balaban J connectivity index is 1.94. The van der Waals surface area contributed by atoms with Gasteiger partial charge in [-0.2, -0.15) is 10.1 Å². The molecule has 8 heteroatoms. The summed E-state index contributed by atoms with van der Waals surface area (Å²) in [5.74, 6) is 1.26. The topological polar surface area (TPSA) is 112 Å². The average molecular weight is 265 g/mol. The fourth-order valence-corrected chi connectivity index (χ4v) is 2.20. The number of aromatic nitrogens is 4. The standard InChI is InChI=1S/C11H15N5O3/c1-17-11(2-4-18-5-3-11)10-14-9(19-16-10)7-6-13-15-8(7)12/h6H,2-5H2,1H3,(H3,12,13,15). The van der Waals surface area contributed by atoms with Gasteiger partial charge in [-0.1, -0.05) is 5.16 Å². The molecule has 1 fully saturated rings. The summed E-state index contributed by atoms with van der Waals surface area (Å²) < 4.78 is 16.2. The molecule has 1 aliphatic heterocycles. The van der Waals surface area contributed by atoms with Gasteiger partial charge in [0.2, 0.25) is 5.82 Å². The SMILES string of the molecule is COC1(c2noc(-c3cn[nH]c3N)n2)CCOCC1. The molecule has 3 N–H and O–H groups in total. The van der Waals surface area contributed by atoms with Crippen LogP contribution in [-0.4, -0.2) is 40.7 Å². The molecule has 0 atom stereocenters. The zero-order chi connectivity index (χ0) is 13.3. The van der Waals surface area contributed by atoms with Crippen LogP contribution in [0.3, 0.4) is 0 Å². The second-order valence-corrected chi connectivity index (χ2v) is 4.43. The smallest absolute Gasteiger partial charge is 0.263 e. The third-order valence-corrected chi connectivity index (χ3v) is 3.42. The molecular formula is C11H15N5O3. The van der Waals surface area contributed by atoms with Crippen LogP contribution >= 0.6 is 0 Å². The molecule has 0 radical (unpaired) electrons. The number of nitrogens with zero attached hydrogens (tertiary/aromatic N) is 3. The van der Waals surface area contributed by atoms with E-state index in [1.54, 1.807) is 13.3 Å². The Morgan fingerprint density at radius 3 is 2.84 bits per heavy atom. The second-order valence-electron chi connectivity index (χ2n) is 4.43. The fraction of sp³-hybridized carbons (Fsp3) is 0.545. The summed E-state index contributed by atoms with van der Waals surface area (Å²) in [6.45, 7) is 1.23. The summed E-state index contributed by atoms with van der Waals surface area (Å²) in [5.41, 5.74) is 5.78. The van der Waals surface area contributed by atoms with Crippen LogP contribution in [0.2, 0.25) is 0 Å². The highest BCUT2D eigenvalue weighted by molar-refractivity contribution is 5.65. The van der Waals surface area contributed by atoms with Gasteiger partial charge in [-0.05, 0) is 0 Å². The predicted octanol–water partition coefficient (Wildman–Crippen LogP) is 0.694. The van der Waals surface area contributed by atoms with E-state index < -0.39 is 5.60 Å². The summed E-state index contributed by atoms with van der Waals surface area (Å²) in [4.78, 5) is 4.38. The number of nitrogens with two attached hydrogens (primary N) is 1. The maximum atomic E-state index is 5.73. The third-order valence-electron chi connectivity index (χ3n) is 3.42. The second kappa shape index (κ2) is 4.63. The number of rotatable bonds is 3. The summed E-state index contributed by atoms with van der Waals surface area (Å²) in [6.07, 6.45) is 2.95. The van der Waals surface area contributed by atoms with E-state index >= 15 is 0 Å². The normalized spacial score (nSPS) is 18.6. The molecule has 0 aromatic carbocycles. The van der Waals surface area contributed by atoms with Gasteiger partial charge in [-0.15, -0.1) is 0 Å². The number of nitrogen functional groups attached to an aromatic ring is 1. The van der Waals surface area contributed by atoms with Gasteiger partial charge in [0, 0.05) is 33.2 Å². The van der Waals surface area contributed by atoms with E-state index in [-0.39, 0.29) is 0 Å². The van der Waals surface area contributed by atoms with Crippen LogP contribution in [0, 0.1) is 0 Å². The minimum atomic E-state index is -0.543. The molecule has 3 rings (SSSR count). The van der Waals surface area contributed by atoms with Crippen molar-refractivity contribution in [3.8, 4) is 11.5 Å². The van der Waals surface area contributed by atoms with Crippen LogP contribution in [0.25, 0.3) is 11.5 Å². The van der Waals surface area contributed by atoms with Crippen LogP contribution < -0.4 is 5.73 Å². The van der Waals surface area contributed by atoms with Gasteiger partial charge in [-0.3, -0.25) is 5.10 Å². The van der Waals surface area contributed by atoms with Gasteiger partial charge in [0.1, 0.15) is 17.0 Å². The van der Waals surface area contributed by atoms with Crippen molar-refractivity contribution in [2.75, 3.05) is 26.1 Å². The van der Waals surface area contributed by atoms with Crippen LogP contribution in [0.1, 0.15) is 18.7 Å². The zero-order valence-electron chi connectivity index (χ0n) is 10.5. The van der Waals surface area contributed by atoms with E-state index in [9.17, 15) is 0 Å². The molecule has 0 bridgehead atoms. The van der Waals surface area contributed by atoms with Crippen molar-refractivity contribution in [3.05, 3.63) is 12.0 Å². The minimum absolute atomic E-state index is 0.337. The first kappa shape index (κ1) is 12.1. The lowest BCUT2D eigenvalue weighted by atomic mass is 9.93. The molecule has 0 unspecified atom stereocenters. The average Bonchev–Trinajstić information content (AvgIpc) is 3.08. The van der Waals surface area contributed by atoms with E-state index in [0.29, 0.717) is 49.2 Å². The third kappa shape index (κ3) is 1.98. The quantitative estimate of drug-likeness (QED) is 0.839. The minimum Gasteiger partial charge on any atom is -0.383 e. The molecule has 19 heavy (non-hydrogen) atoms. The van der Waals surface area contributed by atoms with E-state index in [1.165, 1.54) is 0 Å². The van der Waals surface area contributed by atoms with Crippen molar-refractivity contribution in [1.82, 2.24) is 20.3 Å². The monoisotopic (exact) mass is 265 g/mol. The predicted molar refractivity (Wildman–Crippen MR) is 65.0 cm³/mol. The Morgan fingerprint density at radius 2 is 2.21 bits per heavy atom. The van der Waals surface area contributed by atoms with Crippen LogP contribution in [-0.2, 0) is 15.1 Å². The Hall–Kier alpha value is -1.93. The molecule has 0 saturated carbocycles. The molecule has 2 aromatic heterocycles. The lowest BCUT2D eigenvalue weighted by Crippen LogP contribution is -2.36. The van der Waals surface area contributed by atoms with Crippen LogP contribution in [0.5, 0.6) is 0 Å². The highest BCUT2D eigenvalue weighted by Gasteiger charge is 2.39. The first-order valence-corrected chi connectivity index (χ1v) is 6.01. The fourth-order valence-electron chi connectivity index (χ4n) is 2.20. The molecule has 102 valence electrons. The van der Waals surface area contributed by atoms with Gasteiger partial charge in [0.15, 0.2) is 0 Å². The van der Waals surface area contributed by atoms with Crippen LogP contribution in [0.15, 0.2) is 10.7 Å².